The fourth-order valence-corrected chi connectivity index (χ4v) is 4.94. The Labute approximate surface area is 136 Å². The first-order valence-electron chi connectivity index (χ1n) is 8.07. The van der Waals surface area contributed by atoms with E-state index >= 15 is 0 Å². The van der Waals surface area contributed by atoms with Crippen molar-refractivity contribution in [1.29, 1.82) is 0 Å². The number of thioether (sulfide) groups is 1. The molecule has 112 valence electrons. The van der Waals surface area contributed by atoms with Gasteiger partial charge in [0.1, 0.15) is 11.9 Å². The number of hydrogen-bond donors (Lipinski definition) is 0. The van der Waals surface area contributed by atoms with E-state index in [9.17, 15) is 0 Å². The van der Waals surface area contributed by atoms with E-state index in [1.807, 2.05) is 11.8 Å². The number of fused-ring (bicyclic) bond motifs is 4. The standard InChI is InChI=1S/C20H20OS/c1-3-13(4-2)16-10-12-18-20(16)22-19-15-8-6-5-7-14(15)9-11-17(19)21-18/h5-12,18,20H,3-4H2,1-2H3. The molecule has 1 aliphatic heterocycles. The maximum atomic E-state index is 6.29. The minimum atomic E-state index is 0.182. The second kappa shape index (κ2) is 5.51. The highest BCUT2D eigenvalue weighted by molar-refractivity contribution is 8.00. The average molecular weight is 308 g/mol. The quantitative estimate of drug-likeness (QED) is 0.699. The van der Waals surface area contributed by atoms with E-state index in [2.05, 4.69) is 62.4 Å². The van der Waals surface area contributed by atoms with Crippen molar-refractivity contribution in [3.63, 3.8) is 0 Å². The Balaban J connectivity index is 1.82. The van der Waals surface area contributed by atoms with Crippen LogP contribution in [0.5, 0.6) is 5.75 Å². The summed E-state index contributed by atoms with van der Waals surface area (Å²) in [6.07, 6.45) is 6.96. The molecule has 2 atom stereocenters. The Morgan fingerprint density at radius 2 is 1.91 bits per heavy atom. The summed E-state index contributed by atoms with van der Waals surface area (Å²) in [5, 5.41) is 3.01. The highest BCUT2D eigenvalue weighted by Gasteiger charge is 2.36. The van der Waals surface area contributed by atoms with Crippen LogP contribution in [0.2, 0.25) is 0 Å². The number of hydrogen-bond acceptors (Lipinski definition) is 2. The minimum absolute atomic E-state index is 0.182. The van der Waals surface area contributed by atoms with Crippen LogP contribution in [0.4, 0.5) is 0 Å². The third kappa shape index (κ3) is 2.09. The molecule has 4 rings (SSSR count). The Morgan fingerprint density at radius 3 is 2.73 bits per heavy atom. The van der Waals surface area contributed by atoms with E-state index in [4.69, 9.17) is 4.74 Å². The van der Waals surface area contributed by atoms with Crippen LogP contribution in [-0.4, -0.2) is 11.4 Å². The number of benzene rings is 2. The van der Waals surface area contributed by atoms with Crippen LogP contribution in [0.15, 0.2) is 64.6 Å². The highest BCUT2D eigenvalue weighted by atomic mass is 32.2. The second-order valence-corrected chi connectivity index (χ2v) is 7.01. The lowest BCUT2D eigenvalue weighted by Gasteiger charge is -2.30. The normalized spacial score (nSPS) is 22.4. The van der Waals surface area contributed by atoms with Gasteiger partial charge in [-0.2, -0.15) is 0 Å². The zero-order chi connectivity index (χ0) is 15.1. The fraction of sp³-hybridized carbons (Fsp3) is 0.300. The van der Waals surface area contributed by atoms with Gasteiger partial charge in [-0.05, 0) is 41.3 Å². The van der Waals surface area contributed by atoms with E-state index in [-0.39, 0.29) is 6.10 Å². The van der Waals surface area contributed by atoms with Gasteiger partial charge in [-0.15, -0.1) is 11.8 Å². The predicted molar refractivity (Wildman–Crippen MR) is 94.8 cm³/mol. The maximum absolute atomic E-state index is 6.29. The van der Waals surface area contributed by atoms with Gasteiger partial charge in [-0.25, -0.2) is 0 Å². The van der Waals surface area contributed by atoms with Crippen molar-refractivity contribution in [1.82, 2.24) is 0 Å². The molecule has 0 bridgehead atoms. The van der Waals surface area contributed by atoms with Gasteiger partial charge >= 0.3 is 0 Å². The van der Waals surface area contributed by atoms with Gasteiger partial charge in [0.15, 0.2) is 0 Å². The molecule has 0 N–H and O–H groups in total. The van der Waals surface area contributed by atoms with Crippen LogP contribution in [0.25, 0.3) is 10.8 Å². The lowest BCUT2D eigenvalue weighted by molar-refractivity contribution is 0.249. The van der Waals surface area contributed by atoms with Crippen LogP contribution in [0.3, 0.4) is 0 Å². The molecule has 0 spiro atoms. The van der Waals surface area contributed by atoms with Crippen molar-refractivity contribution in [2.75, 3.05) is 0 Å². The van der Waals surface area contributed by atoms with Crippen LogP contribution in [0, 0.1) is 0 Å². The molecule has 22 heavy (non-hydrogen) atoms. The smallest absolute Gasteiger partial charge is 0.134 e. The monoisotopic (exact) mass is 308 g/mol. The summed E-state index contributed by atoms with van der Waals surface area (Å²) in [6, 6.07) is 12.9. The van der Waals surface area contributed by atoms with Gasteiger partial charge in [0, 0.05) is 0 Å². The van der Waals surface area contributed by atoms with Crippen LogP contribution in [0.1, 0.15) is 26.7 Å². The molecule has 2 heteroatoms. The first-order chi connectivity index (χ1) is 10.8. The van der Waals surface area contributed by atoms with E-state index in [1.54, 1.807) is 5.57 Å². The molecule has 0 radical (unpaired) electrons. The zero-order valence-corrected chi connectivity index (χ0v) is 13.8. The summed E-state index contributed by atoms with van der Waals surface area (Å²) in [5.41, 5.74) is 3.04. The number of allylic oxidation sites excluding steroid dienone is 2. The number of rotatable bonds is 2. The van der Waals surface area contributed by atoms with Crippen LogP contribution < -0.4 is 4.74 Å². The molecule has 2 aromatic rings. The molecular formula is C20H20OS. The largest absolute Gasteiger partial charge is 0.484 e. The van der Waals surface area contributed by atoms with E-state index < -0.39 is 0 Å². The Hall–Kier alpha value is -1.67. The maximum Gasteiger partial charge on any atom is 0.134 e. The summed E-state index contributed by atoms with van der Waals surface area (Å²) < 4.78 is 6.29. The highest BCUT2D eigenvalue weighted by Crippen LogP contribution is 2.49. The van der Waals surface area contributed by atoms with E-state index in [0.717, 1.165) is 18.6 Å². The van der Waals surface area contributed by atoms with Crippen LogP contribution >= 0.6 is 11.8 Å². The molecule has 0 aromatic heterocycles. The average Bonchev–Trinajstić information content (AvgIpc) is 2.97. The predicted octanol–water partition coefficient (Wildman–Crippen LogP) is 5.75. The lowest BCUT2D eigenvalue weighted by Crippen LogP contribution is -2.28. The topological polar surface area (TPSA) is 9.23 Å². The first-order valence-corrected chi connectivity index (χ1v) is 8.95. The zero-order valence-electron chi connectivity index (χ0n) is 13.0. The SMILES string of the molecule is CCC(CC)=C1C=CC2Oc3ccc4ccccc4c3SC12. The van der Waals surface area contributed by atoms with Gasteiger partial charge in [0.25, 0.3) is 0 Å². The molecule has 1 heterocycles. The van der Waals surface area contributed by atoms with E-state index in [1.165, 1.54) is 21.2 Å². The molecule has 0 saturated heterocycles. The molecule has 1 nitrogen and oxygen atoms in total. The molecule has 0 amide bonds. The fourth-order valence-electron chi connectivity index (χ4n) is 3.49. The molecule has 0 saturated carbocycles. The van der Waals surface area contributed by atoms with Gasteiger partial charge in [0.05, 0.1) is 10.1 Å². The first kappa shape index (κ1) is 14.0. The molecule has 1 aliphatic carbocycles. The van der Waals surface area contributed by atoms with Crippen molar-refractivity contribution in [2.24, 2.45) is 0 Å². The van der Waals surface area contributed by atoms with Crippen molar-refractivity contribution >= 4 is 22.5 Å². The molecular weight excluding hydrogens is 288 g/mol. The molecule has 2 aromatic carbocycles. The summed E-state index contributed by atoms with van der Waals surface area (Å²) in [5.74, 6) is 1.03. The third-order valence-corrected chi connectivity index (χ3v) is 6.12. The molecule has 2 aliphatic rings. The molecule has 2 unspecified atom stereocenters. The lowest BCUT2D eigenvalue weighted by atomic mass is 10.0. The minimum Gasteiger partial charge on any atom is -0.484 e. The van der Waals surface area contributed by atoms with Gasteiger partial charge in [0.2, 0.25) is 0 Å². The van der Waals surface area contributed by atoms with Crippen LogP contribution in [-0.2, 0) is 0 Å². The Bertz CT molecular complexity index is 781. The van der Waals surface area contributed by atoms with Gasteiger partial charge < -0.3 is 4.74 Å². The van der Waals surface area contributed by atoms with Gasteiger partial charge in [-0.1, -0.05) is 55.8 Å². The van der Waals surface area contributed by atoms with E-state index in [0.29, 0.717) is 5.25 Å². The summed E-state index contributed by atoms with van der Waals surface area (Å²) in [4.78, 5) is 1.30. The second-order valence-electron chi connectivity index (χ2n) is 5.86. The third-order valence-electron chi connectivity index (χ3n) is 4.68. The van der Waals surface area contributed by atoms with Crippen molar-refractivity contribution < 1.29 is 4.74 Å². The number of ether oxygens (including phenoxy) is 1. The molecule has 0 fully saturated rings. The van der Waals surface area contributed by atoms with Gasteiger partial charge in [-0.3, -0.25) is 0 Å². The summed E-state index contributed by atoms with van der Waals surface area (Å²) >= 11 is 1.98. The van der Waals surface area contributed by atoms with Crippen molar-refractivity contribution in [2.45, 2.75) is 42.9 Å². The van der Waals surface area contributed by atoms with Crippen molar-refractivity contribution in [3.05, 3.63) is 59.7 Å². The Kier molecular flexibility index (Phi) is 3.50. The van der Waals surface area contributed by atoms with Crippen molar-refractivity contribution in [3.8, 4) is 5.75 Å². The summed E-state index contributed by atoms with van der Waals surface area (Å²) in [7, 11) is 0. The Morgan fingerprint density at radius 1 is 1.09 bits per heavy atom. The summed E-state index contributed by atoms with van der Waals surface area (Å²) in [6.45, 7) is 4.51.